The molecule has 0 fully saturated rings. The van der Waals surface area contributed by atoms with Gasteiger partial charge in [-0.2, -0.15) is 0 Å². The van der Waals surface area contributed by atoms with Crippen molar-refractivity contribution in [3.63, 3.8) is 0 Å². The Labute approximate surface area is 109 Å². The summed E-state index contributed by atoms with van der Waals surface area (Å²) < 4.78 is 5.05. The molecule has 0 aromatic heterocycles. The summed E-state index contributed by atoms with van der Waals surface area (Å²) in [7, 11) is 1.52. The van der Waals surface area contributed by atoms with Crippen molar-refractivity contribution < 1.29 is 9.84 Å². The molecule has 0 aliphatic rings. The third kappa shape index (κ3) is 3.59. The molecule has 0 heterocycles. The van der Waals surface area contributed by atoms with Crippen LogP contribution in [0.5, 0.6) is 5.75 Å². The van der Waals surface area contributed by atoms with Gasteiger partial charge in [0, 0.05) is 12.6 Å². The van der Waals surface area contributed by atoms with Gasteiger partial charge in [0.1, 0.15) is 5.75 Å². The Hall–Kier alpha value is -0.350. The standard InChI is InChI=1S/C10H12Cl3NO2/c1-16-10-3-9(7(12)2-8(10)13)14-5-6(15)4-11/h2-3,6,14-15H,4-5H2,1H3. The summed E-state index contributed by atoms with van der Waals surface area (Å²) >= 11 is 17.3. The third-order valence-corrected chi connectivity index (χ3v) is 2.91. The zero-order chi connectivity index (χ0) is 12.1. The second kappa shape index (κ2) is 6.40. The Kier molecular flexibility index (Phi) is 5.49. The number of aliphatic hydroxyl groups excluding tert-OH is 1. The molecule has 1 aromatic rings. The van der Waals surface area contributed by atoms with Crippen LogP contribution in [0, 0.1) is 0 Å². The van der Waals surface area contributed by atoms with Crippen LogP contribution < -0.4 is 10.1 Å². The van der Waals surface area contributed by atoms with Gasteiger partial charge in [-0.15, -0.1) is 11.6 Å². The van der Waals surface area contributed by atoms with Crippen molar-refractivity contribution in [3.8, 4) is 5.75 Å². The molecule has 3 nitrogen and oxygen atoms in total. The van der Waals surface area contributed by atoms with Crippen LogP contribution in [0.25, 0.3) is 0 Å². The second-order valence-corrected chi connectivity index (χ2v) is 4.28. The van der Waals surface area contributed by atoms with Crippen LogP contribution >= 0.6 is 34.8 Å². The first-order chi connectivity index (χ1) is 7.58. The van der Waals surface area contributed by atoms with E-state index in [9.17, 15) is 5.11 Å². The first-order valence-corrected chi connectivity index (χ1v) is 5.88. The van der Waals surface area contributed by atoms with Gasteiger partial charge in [0.2, 0.25) is 0 Å². The summed E-state index contributed by atoms with van der Waals surface area (Å²) in [6.45, 7) is 0.313. The molecule has 0 spiro atoms. The van der Waals surface area contributed by atoms with Gasteiger partial charge >= 0.3 is 0 Å². The van der Waals surface area contributed by atoms with E-state index in [2.05, 4.69) is 5.32 Å². The Bertz CT molecular complexity index is 360. The van der Waals surface area contributed by atoms with Crippen molar-refractivity contribution in [2.45, 2.75) is 6.10 Å². The van der Waals surface area contributed by atoms with Crippen molar-refractivity contribution in [1.29, 1.82) is 0 Å². The van der Waals surface area contributed by atoms with Gasteiger partial charge in [0.05, 0.1) is 34.8 Å². The van der Waals surface area contributed by atoms with Crippen LogP contribution in [-0.2, 0) is 0 Å². The Morgan fingerprint density at radius 1 is 1.38 bits per heavy atom. The highest BCUT2D eigenvalue weighted by molar-refractivity contribution is 6.37. The fourth-order valence-electron chi connectivity index (χ4n) is 1.10. The molecule has 6 heteroatoms. The number of benzene rings is 1. The van der Waals surface area contributed by atoms with Gasteiger partial charge in [-0.25, -0.2) is 0 Å². The number of ether oxygens (including phenoxy) is 1. The zero-order valence-corrected chi connectivity index (χ0v) is 10.9. The Balaban J connectivity index is 2.79. The van der Waals surface area contributed by atoms with E-state index in [1.165, 1.54) is 7.11 Å². The van der Waals surface area contributed by atoms with Crippen LogP contribution in [0.1, 0.15) is 0 Å². The number of nitrogens with one attached hydrogen (secondary N) is 1. The van der Waals surface area contributed by atoms with E-state index in [4.69, 9.17) is 39.5 Å². The van der Waals surface area contributed by atoms with Gasteiger partial charge in [0.25, 0.3) is 0 Å². The smallest absolute Gasteiger partial charge is 0.139 e. The summed E-state index contributed by atoms with van der Waals surface area (Å²) in [5.41, 5.74) is 0.645. The second-order valence-electron chi connectivity index (χ2n) is 3.16. The highest BCUT2D eigenvalue weighted by atomic mass is 35.5. The lowest BCUT2D eigenvalue weighted by Crippen LogP contribution is -2.20. The van der Waals surface area contributed by atoms with Crippen LogP contribution in [0.2, 0.25) is 10.0 Å². The molecule has 0 bridgehead atoms. The SMILES string of the molecule is COc1cc(NCC(O)CCl)c(Cl)cc1Cl. The first kappa shape index (κ1) is 13.7. The lowest BCUT2D eigenvalue weighted by molar-refractivity contribution is 0.211. The van der Waals surface area contributed by atoms with Gasteiger partial charge in [-0.05, 0) is 6.07 Å². The number of hydrogen-bond donors (Lipinski definition) is 2. The average Bonchev–Trinajstić information content (AvgIpc) is 2.27. The van der Waals surface area contributed by atoms with E-state index >= 15 is 0 Å². The lowest BCUT2D eigenvalue weighted by Gasteiger charge is -2.13. The van der Waals surface area contributed by atoms with Crippen LogP contribution in [0.4, 0.5) is 5.69 Å². The van der Waals surface area contributed by atoms with E-state index in [-0.39, 0.29) is 5.88 Å². The van der Waals surface area contributed by atoms with Crippen molar-refractivity contribution in [3.05, 3.63) is 22.2 Å². The van der Waals surface area contributed by atoms with Crippen molar-refractivity contribution >= 4 is 40.5 Å². The third-order valence-electron chi connectivity index (χ3n) is 1.95. The van der Waals surface area contributed by atoms with Gasteiger partial charge in [-0.1, -0.05) is 23.2 Å². The van der Waals surface area contributed by atoms with Crippen LogP contribution in [0.3, 0.4) is 0 Å². The fourth-order valence-corrected chi connectivity index (χ4v) is 1.74. The number of halogens is 3. The molecule has 0 radical (unpaired) electrons. The maximum Gasteiger partial charge on any atom is 0.139 e. The largest absolute Gasteiger partial charge is 0.495 e. The van der Waals surface area contributed by atoms with Gasteiger partial charge < -0.3 is 15.2 Å². The van der Waals surface area contributed by atoms with Crippen molar-refractivity contribution in [2.24, 2.45) is 0 Å². The number of methoxy groups -OCH3 is 1. The van der Waals surface area contributed by atoms with E-state index < -0.39 is 6.10 Å². The van der Waals surface area contributed by atoms with E-state index in [1.807, 2.05) is 0 Å². The van der Waals surface area contributed by atoms with Crippen LogP contribution in [0.15, 0.2) is 12.1 Å². The molecule has 0 amide bonds. The quantitative estimate of drug-likeness (QED) is 0.817. The Morgan fingerprint density at radius 3 is 2.62 bits per heavy atom. The van der Waals surface area contributed by atoms with Crippen molar-refractivity contribution in [2.75, 3.05) is 24.9 Å². The molecule has 1 unspecified atom stereocenters. The van der Waals surface area contributed by atoms with Crippen LogP contribution in [-0.4, -0.2) is 30.7 Å². The molecule has 2 N–H and O–H groups in total. The topological polar surface area (TPSA) is 41.5 Å². The number of aliphatic hydroxyl groups is 1. The van der Waals surface area contributed by atoms with E-state index in [0.29, 0.717) is 28.0 Å². The molecule has 0 saturated carbocycles. The summed E-state index contributed by atoms with van der Waals surface area (Å²) in [5, 5.41) is 13.2. The molecule has 1 atom stereocenters. The molecule has 0 aliphatic carbocycles. The monoisotopic (exact) mass is 283 g/mol. The molecule has 0 aliphatic heterocycles. The zero-order valence-electron chi connectivity index (χ0n) is 8.64. The summed E-state index contributed by atoms with van der Waals surface area (Å²) in [6, 6.07) is 3.25. The van der Waals surface area contributed by atoms with Gasteiger partial charge in [0.15, 0.2) is 0 Å². The molecule has 1 rings (SSSR count). The minimum atomic E-state index is -0.626. The van der Waals surface area contributed by atoms with Gasteiger partial charge in [-0.3, -0.25) is 0 Å². The Morgan fingerprint density at radius 2 is 2.06 bits per heavy atom. The molecular formula is C10H12Cl3NO2. The maximum absolute atomic E-state index is 9.30. The highest BCUT2D eigenvalue weighted by Crippen LogP contribution is 2.33. The molecule has 0 saturated heterocycles. The van der Waals surface area contributed by atoms with E-state index in [1.54, 1.807) is 12.1 Å². The predicted octanol–water partition coefficient (Wildman–Crippen LogP) is 3.01. The minimum Gasteiger partial charge on any atom is -0.495 e. The summed E-state index contributed by atoms with van der Waals surface area (Å²) in [4.78, 5) is 0. The normalized spacial score (nSPS) is 12.3. The highest BCUT2D eigenvalue weighted by Gasteiger charge is 2.09. The fraction of sp³-hybridized carbons (Fsp3) is 0.400. The average molecular weight is 285 g/mol. The lowest BCUT2D eigenvalue weighted by atomic mass is 10.3. The number of hydrogen-bond acceptors (Lipinski definition) is 3. The first-order valence-electron chi connectivity index (χ1n) is 4.59. The molecule has 1 aromatic carbocycles. The summed E-state index contributed by atoms with van der Waals surface area (Å²) in [6.07, 6.45) is -0.626. The number of alkyl halides is 1. The molecular weight excluding hydrogens is 272 g/mol. The predicted molar refractivity (Wildman–Crippen MR) is 68.2 cm³/mol. The summed E-state index contributed by atoms with van der Waals surface area (Å²) in [5.74, 6) is 0.684. The molecule has 16 heavy (non-hydrogen) atoms. The van der Waals surface area contributed by atoms with Crippen molar-refractivity contribution in [1.82, 2.24) is 0 Å². The number of rotatable bonds is 5. The van der Waals surface area contributed by atoms with E-state index in [0.717, 1.165) is 0 Å². The minimum absolute atomic E-state index is 0.162. The molecule has 90 valence electrons. The number of anilines is 1. The maximum atomic E-state index is 9.30.